The van der Waals surface area contributed by atoms with Crippen LogP contribution in [-0.4, -0.2) is 24.1 Å². The number of hydrogen-bond acceptors (Lipinski definition) is 4. The Hall–Kier alpha value is -7.83. The maximum Gasteiger partial charge on any atom is 0.164 e. The standard InChI is InChI=1S/C51H31N5O/c1-4-15-32(16-5-1)49-52-50(33-17-6-2-7-18-33)54-51(53-49)39-23-14-26-46-48(39)38-28-27-35(29-47(38)57-46)56-43-25-13-11-22-37(43)41-30-40-36-21-10-12-24-42(36)55(44(40)31-45(41)56)34-19-8-3-9-20-34/h1-31H/i1D,2D,3D,4D,5D,6D,7D,8D,9D,10D,11D,12D,13D,14D,15D,16D,17D,18D,19D,20D,21D,22D,23D,24D,25D,26D,27D,28D,29D,30D,31D. The van der Waals surface area contributed by atoms with Crippen molar-refractivity contribution in [3.05, 3.63) is 187 Å². The van der Waals surface area contributed by atoms with Crippen LogP contribution in [0, 0.1) is 0 Å². The molecule has 0 N–H and O–H groups in total. The highest BCUT2D eigenvalue weighted by atomic mass is 16.3. The number of hydrogen-bond donors (Lipinski definition) is 0. The summed E-state index contributed by atoms with van der Waals surface area (Å²) in [7, 11) is 0. The van der Waals surface area contributed by atoms with Gasteiger partial charge in [0.2, 0.25) is 0 Å². The second-order valence-electron chi connectivity index (χ2n) is 12.1. The molecule has 12 rings (SSSR count). The lowest BCUT2D eigenvalue weighted by Gasteiger charge is -2.10. The van der Waals surface area contributed by atoms with Gasteiger partial charge in [0.1, 0.15) is 11.2 Å². The molecule has 4 heterocycles. The molecule has 0 aliphatic heterocycles. The maximum absolute atomic E-state index is 10.2. The molecule has 0 amide bonds. The van der Waals surface area contributed by atoms with E-state index in [0.717, 1.165) is 9.13 Å². The van der Waals surface area contributed by atoms with Gasteiger partial charge in [-0.1, -0.05) is 127 Å². The summed E-state index contributed by atoms with van der Waals surface area (Å²) in [5.74, 6) is -2.49. The number of nitrogens with zero attached hydrogens (tertiary/aromatic N) is 5. The highest BCUT2D eigenvalue weighted by Gasteiger charge is 2.21. The van der Waals surface area contributed by atoms with Gasteiger partial charge in [-0.3, -0.25) is 0 Å². The SMILES string of the molecule is [2H]c1c([2H])c([2H])c(-c2nc(-c3c([2H])c([2H])c([2H])c([2H])c3[2H])nc(-c3c([2H])c([2H])c([2H])c4oc5c([2H])c(-n6c7c([2H])c([2H])c([2H])c([2H])c7c7c([2H])c8c9c([2H])c([2H])c([2H])c([2H])c9n(-c9c([2H])c([2H])c([2H])c([2H])c9[2H])c8c([2H])c76)c([2H])c([2H])c5c34)n2)c([2H])c1[2H]. The Morgan fingerprint density at radius 2 is 0.912 bits per heavy atom. The lowest BCUT2D eigenvalue weighted by atomic mass is 10.0. The van der Waals surface area contributed by atoms with E-state index in [1.165, 1.54) is 0 Å². The molecule has 0 atom stereocenters. The number of benzene rings is 8. The smallest absolute Gasteiger partial charge is 0.164 e. The zero-order valence-corrected chi connectivity index (χ0v) is 28.1. The van der Waals surface area contributed by atoms with Crippen LogP contribution in [0.1, 0.15) is 42.5 Å². The Labute approximate surface area is 370 Å². The molecule has 0 aliphatic carbocycles. The number of aromatic nitrogens is 5. The zero-order valence-electron chi connectivity index (χ0n) is 59.1. The topological polar surface area (TPSA) is 61.7 Å². The van der Waals surface area contributed by atoms with Crippen LogP contribution >= 0.6 is 0 Å². The van der Waals surface area contributed by atoms with E-state index >= 15 is 0 Å². The molecular formula is C51H31N5O. The minimum atomic E-state index is -1.07. The molecule has 0 unspecified atom stereocenters. The molecular weight excluding hydrogens is 699 g/mol. The molecule has 6 nitrogen and oxygen atoms in total. The van der Waals surface area contributed by atoms with Crippen LogP contribution in [0.5, 0.6) is 0 Å². The van der Waals surface area contributed by atoms with Crippen molar-refractivity contribution >= 4 is 65.6 Å². The maximum atomic E-state index is 10.2. The second-order valence-corrected chi connectivity index (χ2v) is 12.1. The summed E-state index contributed by atoms with van der Waals surface area (Å²) >= 11 is 0. The number of para-hydroxylation sites is 3. The van der Waals surface area contributed by atoms with Gasteiger partial charge in [-0.25, -0.2) is 15.0 Å². The van der Waals surface area contributed by atoms with Crippen molar-refractivity contribution in [2.45, 2.75) is 0 Å². The van der Waals surface area contributed by atoms with Crippen molar-refractivity contribution in [1.82, 2.24) is 24.1 Å². The van der Waals surface area contributed by atoms with Crippen LogP contribution in [0.25, 0.3) is 111 Å². The molecule has 266 valence electrons. The molecule has 0 saturated heterocycles. The predicted molar refractivity (Wildman–Crippen MR) is 232 cm³/mol. The molecule has 6 heteroatoms. The van der Waals surface area contributed by atoms with Gasteiger partial charge in [0.15, 0.2) is 17.5 Å². The Bertz CT molecular complexity index is 5190. The quantitative estimate of drug-likeness (QED) is 0.175. The summed E-state index contributed by atoms with van der Waals surface area (Å²) in [6.45, 7) is 0. The van der Waals surface area contributed by atoms with Crippen LogP contribution in [-0.2, 0) is 0 Å². The van der Waals surface area contributed by atoms with Crippen LogP contribution in [0.2, 0.25) is 0 Å². The fourth-order valence-corrected chi connectivity index (χ4v) is 6.67. The summed E-state index contributed by atoms with van der Waals surface area (Å²) < 4.78 is 286. The first-order valence-corrected chi connectivity index (χ1v) is 16.6. The minimum Gasteiger partial charge on any atom is -0.456 e. The summed E-state index contributed by atoms with van der Waals surface area (Å²) in [6, 6.07) is -28.4. The fraction of sp³-hybridized carbons (Fsp3) is 0. The number of furan rings is 1. The van der Waals surface area contributed by atoms with Crippen LogP contribution in [0.3, 0.4) is 0 Å². The van der Waals surface area contributed by atoms with Gasteiger partial charge in [-0.05, 0) is 54.4 Å². The minimum absolute atomic E-state index is 0.530. The molecule has 0 fully saturated rings. The molecule has 12 aromatic rings. The molecule has 0 saturated carbocycles. The molecule has 8 aromatic carbocycles. The van der Waals surface area contributed by atoms with Crippen molar-refractivity contribution in [2.75, 3.05) is 0 Å². The van der Waals surface area contributed by atoms with Gasteiger partial charge in [0.25, 0.3) is 0 Å². The zero-order chi connectivity index (χ0) is 64.4. The predicted octanol–water partition coefficient (Wildman–Crippen LogP) is 13.0. The van der Waals surface area contributed by atoms with Gasteiger partial charge in [-0.15, -0.1) is 0 Å². The van der Waals surface area contributed by atoms with Crippen molar-refractivity contribution in [2.24, 2.45) is 0 Å². The Morgan fingerprint density at radius 1 is 0.368 bits per heavy atom. The van der Waals surface area contributed by atoms with E-state index in [1.54, 1.807) is 0 Å². The molecule has 0 aliphatic rings. The Morgan fingerprint density at radius 3 is 1.54 bits per heavy atom. The van der Waals surface area contributed by atoms with Crippen LogP contribution in [0.15, 0.2) is 192 Å². The average molecular weight is 761 g/mol. The molecule has 0 bridgehead atoms. The third-order valence-corrected chi connectivity index (χ3v) is 8.99. The lowest BCUT2D eigenvalue weighted by Crippen LogP contribution is -2.00. The number of rotatable bonds is 5. The number of fused-ring (bicyclic) bond motifs is 9. The highest BCUT2D eigenvalue weighted by Crippen LogP contribution is 2.42. The second kappa shape index (κ2) is 12.3. The Kier molecular flexibility index (Phi) is 2.97. The van der Waals surface area contributed by atoms with E-state index in [9.17, 15) is 11.0 Å². The van der Waals surface area contributed by atoms with Gasteiger partial charge >= 0.3 is 0 Å². The first-order chi connectivity index (χ1) is 41.2. The van der Waals surface area contributed by atoms with Crippen molar-refractivity contribution in [3.8, 4) is 45.5 Å². The molecule has 0 radical (unpaired) electrons. The van der Waals surface area contributed by atoms with Crippen molar-refractivity contribution in [3.63, 3.8) is 0 Å². The third-order valence-electron chi connectivity index (χ3n) is 8.99. The first kappa shape index (κ1) is 13.7. The summed E-state index contributed by atoms with van der Waals surface area (Å²) in [4.78, 5) is 13.0. The normalized spacial score (nSPS) is 19.5. The van der Waals surface area contributed by atoms with Gasteiger partial charge < -0.3 is 13.6 Å². The van der Waals surface area contributed by atoms with E-state index < -0.39 is 298 Å². The van der Waals surface area contributed by atoms with Gasteiger partial charge in [0.05, 0.1) is 64.6 Å². The first-order valence-electron chi connectivity index (χ1n) is 32.1. The van der Waals surface area contributed by atoms with Crippen molar-refractivity contribution in [1.29, 1.82) is 0 Å². The summed E-state index contributed by atoms with van der Waals surface area (Å²) in [6.07, 6.45) is 0. The molecule has 57 heavy (non-hydrogen) atoms. The largest absolute Gasteiger partial charge is 0.456 e. The van der Waals surface area contributed by atoms with E-state index in [1.807, 2.05) is 0 Å². The average Bonchev–Trinajstić information content (AvgIpc) is 1.51. The fourth-order valence-electron chi connectivity index (χ4n) is 6.67. The van der Waals surface area contributed by atoms with Gasteiger partial charge in [-0.2, -0.15) is 0 Å². The summed E-state index contributed by atoms with van der Waals surface area (Å²) in [5, 5.41) is -3.45. The molecule has 0 spiro atoms. The van der Waals surface area contributed by atoms with E-state index in [4.69, 9.17) is 35.9 Å². The Balaban J connectivity index is 1.28. The third kappa shape index (κ3) is 4.87. The lowest BCUT2D eigenvalue weighted by molar-refractivity contribution is 0.668. The van der Waals surface area contributed by atoms with E-state index in [2.05, 4.69) is 15.0 Å². The highest BCUT2D eigenvalue weighted by molar-refractivity contribution is 6.19. The van der Waals surface area contributed by atoms with Crippen molar-refractivity contribution < 1.29 is 46.9 Å². The van der Waals surface area contributed by atoms with E-state index in [-0.39, 0.29) is 0 Å². The molecule has 4 aromatic heterocycles. The van der Waals surface area contributed by atoms with Gasteiger partial charge in [0, 0.05) is 66.4 Å². The van der Waals surface area contributed by atoms with Crippen LogP contribution in [0.4, 0.5) is 0 Å². The van der Waals surface area contributed by atoms with Crippen LogP contribution < -0.4 is 0 Å². The monoisotopic (exact) mass is 760 g/mol. The summed E-state index contributed by atoms with van der Waals surface area (Å²) in [5.41, 5.74) is -7.97. The van der Waals surface area contributed by atoms with E-state index in [0.29, 0.717) is 0 Å².